The first kappa shape index (κ1) is 9.06. The maximum atomic E-state index is 9.84. The third kappa shape index (κ3) is 1.14. The number of hydrogen-bond acceptors (Lipinski definition) is 5. The largest absolute Gasteiger partial charge is 0.385 e. The van der Waals surface area contributed by atoms with E-state index < -0.39 is 18.2 Å². The molecule has 0 spiro atoms. The van der Waals surface area contributed by atoms with Crippen LogP contribution in [0.25, 0.3) is 0 Å². The van der Waals surface area contributed by atoms with Crippen LogP contribution in [0.15, 0.2) is 0 Å². The zero-order valence-corrected chi connectivity index (χ0v) is 8.17. The highest BCUT2D eigenvalue weighted by Gasteiger charge is 2.57. The van der Waals surface area contributed by atoms with Crippen LogP contribution >= 0.6 is 0 Å². The maximum absolute atomic E-state index is 9.84. The first-order chi connectivity index (χ1) is 6.57. The average Bonchev–Trinajstić information content (AvgIpc) is 2.64. The molecule has 3 aliphatic rings. The summed E-state index contributed by atoms with van der Waals surface area (Å²) < 4.78 is 22.0. The quantitative estimate of drug-likeness (QED) is 0.580. The van der Waals surface area contributed by atoms with Crippen molar-refractivity contribution in [3.63, 3.8) is 0 Å². The molecule has 3 saturated heterocycles. The minimum absolute atomic E-state index is 0.102. The van der Waals surface area contributed by atoms with Crippen LogP contribution in [0.3, 0.4) is 0 Å². The Morgan fingerprint density at radius 2 is 1.93 bits per heavy atom. The second kappa shape index (κ2) is 2.68. The van der Waals surface area contributed by atoms with Gasteiger partial charge in [-0.25, -0.2) is 0 Å². The first-order valence-electron chi connectivity index (χ1n) is 4.88. The Balaban J connectivity index is 1.88. The van der Waals surface area contributed by atoms with Crippen molar-refractivity contribution in [3.05, 3.63) is 0 Å². The van der Waals surface area contributed by atoms with Gasteiger partial charge in [-0.3, -0.25) is 0 Å². The Morgan fingerprint density at radius 3 is 2.71 bits per heavy atom. The summed E-state index contributed by atoms with van der Waals surface area (Å²) in [4.78, 5) is 0. The van der Waals surface area contributed by atoms with Crippen molar-refractivity contribution in [1.82, 2.24) is 0 Å². The highest BCUT2D eigenvalue weighted by molar-refractivity contribution is 4.99. The molecular formula is C9H14O5. The number of rotatable bonds is 0. The molecule has 5 nitrogen and oxygen atoms in total. The minimum Gasteiger partial charge on any atom is -0.385 e. The number of hydrogen-bond donors (Lipinski definition) is 1. The van der Waals surface area contributed by atoms with Gasteiger partial charge in [0.25, 0.3) is 0 Å². The Bertz CT molecular complexity index is 246. The number of aliphatic hydroxyl groups is 1. The molecule has 2 bridgehead atoms. The van der Waals surface area contributed by atoms with Crippen LogP contribution in [0.1, 0.15) is 13.8 Å². The molecule has 14 heavy (non-hydrogen) atoms. The molecule has 1 N–H and O–H groups in total. The van der Waals surface area contributed by atoms with E-state index in [1.54, 1.807) is 0 Å². The summed E-state index contributed by atoms with van der Waals surface area (Å²) in [6.07, 6.45) is -1.93. The van der Waals surface area contributed by atoms with Crippen LogP contribution in [-0.2, 0) is 18.9 Å². The molecule has 0 aromatic rings. The van der Waals surface area contributed by atoms with Gasteiger partial charge in [0.15, 0.2) is 12.1 Å². The molecule has 3 heterocycles. The molecule has 0 radical (unpaired) electrons. The summed E-state index contributed by atoms with van der Waals surface area (Å²) in [6.45, 7) is 4.15. The van der Waals surface area contributed by atoms with Crippen molar-refractivity contribution in [1.29, 1.82) is 0 Å². The van der Waals surface area contributed by atoms with E-state index >= 15 is 0 Å². The van der Waals surface area contributed by atoms with Gasteiger partial charge in [0, 0.05) is 0 Å². The van der Waals surface area contributed by atoms with Gasteiger partial charge in [0.05, 0.1) is 6.61 Å². The predicted molar refractivity (Wildman–Crippen MR) is 44.4 cm³/mol. The highest BCUT2D eigenvalue weighted by Crippen LogP contribution is 2.40. The smallest absolute Gasteiger partial charge is 0.186 e. The molecule has 5 heteroatoms. The fourth-order valence-corrected chi connectivity index (χ4v) is 2.32. The van der Waals surface area contributed by atoms with Crippen LogP contribution in [0.5, 0.6) is 0 Å². The zero-order valence-electron chi connectivity index (χ0n) is 8.17. The zero-order chi connectivity index (χ0) is 9.92. The van der Waals surface area contributed by atoms with E-state index in [1.807, 2.05) is 13.8 Å². The van der Waals surface area contributed by atoms with Crippen molar-refractivity contribution < 1.29 is 24.1 Å². The SMILES string of the molecule is CC1(C)O[C@@H]2[C@@H](O)[C@H]3OC[C@@H](O3)[C@@H]2O1. The van der Waals surface area contributed by atoms with Gasteiger partial charge in [-0.05, 0) is 13.8 Å². The molecule has 5 atom stereocenters. The maximum Gasteiger partial charge on any atom is 0.186 e. The Morgan fingerprint density at radius 1 is 1.21 bits per heavy atom. The molecule has 0 unspecified atom stereocenters. The number of aliphatic hydroxyl groups excluding tert-OH is 1. The number of ether oxygens (including phenoxy) is 4. The monoisotopic (exact) mass is 202 g/mol. The lowest BCUT2D eigenvalue weighted by atomic mass is 10.0. The predicted octanol–water partition coefficient (Wildman–Crippen LogP) is -0.378. The van der Waals surface area contributed by atoms with Crippen LogP contribution in [0, 0.1) is 0 Å². The van der Waals surface area contributed by atoms with Crippen molar-refractivity contribution in [2.45, 2.75) is 50.3 Å². The van der Waals surface area contributed by atoms with Crippen LogP contribution in [-0.4, -0.2) is 48.2 Å². The van der Waals surface area contributed by atoms with E-state index in [4.69, 9.17) is 18.9 Å². The summed E-state index contributed by atoms with van der Waals surface area (Å²) in [5, 5.41) is 9.84. The molecule has 0 aliphatic carbocycles. The fraction of sp³-hybridized carbons (Fsp3) is 1.00. The fourth-order valence-electron chi connectivity index (χ4n) is 2.32. The van der Waals surface area contributed by atoms with Gasteiger partial charge < -0.3 is 24.1 Å². The Hall–Kier alpha value is -0.200. The van der Waals surface area contributed by atoms with E-state index in [-0.39, 0.29) is 18.3 Å². The third-order valence-electron chi connectivity index (χ3n) is 2.88. The van der Waals surface area contributed by atoms with Crippen LogP contribution < -0.4 is 0 Å². The summed E-state index contributed by atoms with van der Waals surface area (Å²) in [7, 11) is 0. The molecule has 0 aromatic heterocycles. The third-order valence-corrected chi connectivity index (χ3v) is 2.88. The minimum atomic E-state index is -0.750. The topological polar surface area (TPSA) is 57.2 Å². The lowest BCUT2D eigenvalue weighted by Gasteiger charge is -2.31. The second-order valence-electron chi connectivity index (χ2n) is 4.43. The molecule has 3 aliphatic heterocycles. The van der Waals surface area contributed by atoms with Crippen molar-refractivity contribution in [2.75, 3.05) is 6.61 Å². The van der Waals surface area contributed by atoms with Gasteiger partial charge in [0.2, 0.25) is 0 Å². The number of fused-ring (bicyclic) bond motifs is 4. The lowest BCUT2D eigenvalue weighted by molar-refractivity contribution is -0.204. The molecule has 0 aromatic carbocycles. The van der Waals surface area contributed by atoms with Gasteiger partial charge in [-0.15, -0.1) is 0 Å². The van der Waals surface area contributed by atoms with E-state index in [1.165, 1.54) is 0 Å². The van der Waals surface area contributed by atoms with Gasteiger partial charge >= 0.3 is 0 Å². The molecule has 0 amide bonds. The first-order valence-corrected chi connectivity index (χ1v) is 4.88. The highest BCUT2D eigenvalue weighted by atomic mass is 16.8. The van der Waals surface area contributed by atoms with Crippen molar-refractivity contribution >= 4 is 0 Å². The van der Waals surface area contributed by atoms with Crippen molar-refractivity contribution in [2.24, 2.45) is 0 Å². The van der Waals surface area contributed by atoms with E-state index in [2.05, 4.69) is 0 Å². The molecule has 0 saturated carbocycles. The van der Waals surface area contributed by atoms with Gasteiger partial charge in [0.1, 0.15) is 24.4 Å². The normalized spacial score (nSPS) is 54.6. The molecule has 3 fully saturated rings. The summed E-state index contributed by atoms with van der Waals surface area (Å²) in [5.74, 6) is -0.635. The van der Waals surface area contributed by atoms with E-state index in [0.29, 0.717) is 6.61 Å². The molecule has 80 valence electrons. The summed E-state index contributed by atoms with van der Waals surface area (Å²) in [5.41, 5.74) is 0. The Labute approximate surface area is 81.9 Å². The Kier molecular flexibility index (Phi) is 1.73. The van der Waals surface area contributed by atoms with E-state index in [0.717, 1.165) is 0 Å². The summed E-state index contributed by atoms with van der Waals surface area (Å²) in [6, 6.07) is 0. The summed E-state index contributed by atoms with van der Waals surface area (Å²) >= 11 is 0. The van der Waals surface area contributed by atoms with Gasteiger partial charge in [-0.2, -0.15) is 0 Å². The van der Waals surface area contributed by atoms with Crippen LogP contribution in [0.2, 0.25) is 0 Å². The molecular weight excluding hydrogens is 188 g/mol. The average molecular weight is 202 g/mol. The molecule has 3 rings (SSSR count). The van der Waals surface area contributed by atoms with Crippen LogP contribution in [0.4, 0.5) is 0 Å². The second-order valence-corrected chi connectivity index (χ2v) is 4.43. The van der Waals surface area contributed by atoms with Crippen molar-refractivity contribution in [3.8, 4) is 0 Å². The standard InChI is InChI=1S/C9H14O5/c1-9(2)13-6-4-3-11-8(12-4)5(10)7(6)14-9/h4-8,10H,3H2,1-2H3/t4-,5-,6+,7-,8+/m1/s1. The van der Waals surface area contributed by atoms with E-state index in [9.17, 15) is 5.11 Å². The lowest BCUT2D eigenvalue weighted by Crippen LogP contribution is -2.52. The van der Waals surface area contributed by atoms with Gasteiger partial charge in [-0.1, -0.05) is 0 Å².